The number of ether oxygens (including phenoxy) is 4. The number of thioether (sulfide) groups is 1. The first-order valence-corrected chi connectivity index (χ1v) is 10.7. The Kier molecular flexibility index (Phi) is 17.8. The van der Waals surface area contributed by atoms with Crippen molar-refractivity contribution < 1.29 is 23.7 Å². The Hall–Kier alpha value is -0.340. The lowest BCUT2D eigenvalue weighted by atomic mass is 10.1. The summed E-state index contributed by atoms with van der Waals surface area (Å²) in [6, 6.07) is 0. The van der Waals surface area contributed by atoms with Crippen molar-refractivity contribution in [1.29, 1.82) is 0 Å². The van der Waals surface area contributed by atoms with Crippen molar-refractivity contribution in [2.24, 2.45) is 0 Å². The summed E-state index contributed by atoms with van der Waals surface area (Å²) in [6.07, 6.45) is 3.30. The van der Waals surface area contributed by atoms with Crippen molar-refractivity contribution >= 4 is 17.7 Å². The van der Waals surface area contributed by atoms with Crippen molar-refractivity contribution in [3.05, 3.63) is 0 Å². The average molecular weight is 394 g/mol. The molecule has 0 aromatic rings. The van der Waals surface area contributed by atoms with Gasteiger partial charge in [-0.05, 0) is 12.8 Å². The lowest BCUT2D eigenvalue weighted by molar-refractivity contribution is -0.118. The number of unbranched alkanes of at least 4 members (excludes halogenated alkanes) is 1. The van der Waals surface area contributed by atoms with Crippen molar-refractivity contribution in [3.8, 4) is 0 Å². The molecule has 6 nitrogen and oxygen atoms in total. The van der Waals surface area contributed by atoms with E-state index in [9.17, 15) is 4.79 Å². The second kappa shape index (κ2) is 18.0. The molecule has 0 aromatic carbocycles. The van der Waals surface area contributed by atoms with E-state index in [1.165, 1.54) is 0 Å². The summed E-state index contributed by atoms with van der Waals surface area (Å²) in [4.78, 5) is 11.7. The molecule has 0 aliphatic rings. The lowest BCUT2D eigenvalue weighted by Gasteiger charge is -2.21. The van der Waals surface area contributed by atoms with Crippen LogP contribution in [0.25, 0.3) is 0 Å². The molecular weight excluding hydrogens is 354 g/mol. The third kappa shape index (κ3) is 18.5. The van der Waals surface area contributed by atoms with E-state index in [2.05, 4.69) is 33.0 Å². The molecule has 0 aliphatic heterocycles. The molecule has 0 atom stereocenters. The van der Waals surface area contributed by atoms with Gasteiger partial charge in [0.15, 0.2) is 0 Å². The van der Waals surface area contributed by atoms with E-state index in [1.807, 2.05) is 0 Å². The maximum Gasteiger partial charge on any atom is 0.230 e. The average Bonchev–Trinajstić information content (AvgIpc) is 2.63. The summed E-state index contributed by atoms with van der Waals surface area (Å²) in [5, 5.41) is 2.87. The van der Waals surface area contributed by atoms with E-state index in [1.54, 1.807) is 11.8 Å². The Morgan fingerprint density at radius 3 is 1.85 bits per heavy atom. The van der Waals surface area contributed by atoms with Crippen LogP contribution in [-0.4, -0.2) is 75.8 Å². The van der Waals surface area contributed by atoms with Gasteiger partial charge in [0, 0.05) is 17.9 Å². The van der Waals surface area contributed by atoms with Gasteiger partial charge in [-0.1, -0.05) is 34.1 Å². The molecule has 0 unspecified atom stereocenters. The molecule has 0 saturated heterocycles. The van der Waals surface area contributed by atoms with Crippen molar-refractivity contribution in [2.45, 2.75) is 51.7 Å². The van der Waals surface area contributed by atoms with Gasteiger partial charge in [-0.3, -0.25) is 4.79 Å². The number of rotatable bonds is 19. The van der Waals surface area contributed by atoms with Crippen molar-refractivity contribution in [2.75, 3.05) is 65.2 Å². The van der Waals surface area contributed by atoms with Crippen LogP contribution in [0.3, 0.4) is 0 Å². The van der Waals surface area contributed by atoms with Gasteiger partial charge in [0.1, 0.15) is 0 Å². The van der Waals surface area contributed by atoms with Gasteiger partial charge in [-0.25, -0.2) is 0 Å². The highest BCUT2D eigenvalue weighted by Gasteiger charge is 2.16. The molecule has 7 heteroatoms. The Morgan fingerprint density at radius 2 is 1.35 bits per heavy atom. The Bertz CT molecular complexity index is 329. The Balaban J connectivity index is 3.21. The highest BCUT2D eigenvalue weighted by molar-refractivity contribution is 8.01. The molecule has 1 amide bonds. The quantitative estimate of drug-likeness (QED) is 0.340. The maximum absolute atomic E-state index is 11.7. The fourth-order valence-corrected chi connectivity index (χ4v) is 2.51. The Labute approximate surface area is 164 Å². The minimum absolute atomic E-state index is 0.0622. The molecule has 0 bridgehead atoms. The third-order valence-electron chi connectivity index (χ3n) is 3.77. The predicted molar refractivity (Wildman–Crippen MR) is 108 cm³/mol. The van der Waals surface area contributed by atoms with Crippen LogP contribution in [0.2, 0.25) is 0 Å². The molecule has 1 N–H and O–H groups in total. The Morgan fingerprint density at radius 1 is 0.846 bits per heavy atom. The number of nitrogens with one attached hydrogen (secondary N) is 1. The van der Waals surface area contributed by atoms with Gasteiger partial charge in [-0.2, -0.15) is 0 Å². The van der Waals surface area contributed by atoms with Crippen LogP contribution in [0.4, 0.5) is 0 Å². The molecular formula is C19H39NO5S. The van der Waals surface area contributed by atoms with Crippen LogP contribution in [-0.2, 0) is 23.7 Å². The summed E-state index contributed by atoms with van der Waals surface area (Å²) in [5.74, 6) is 0.556. The third-order valence-corrected chi connectivity index (χ3v) is 5.25. The summed E-state index contributed by atoms with van der Waals surface area (Å²) in [5.41, 5.74) is 0. The molecule has 0 fully saturated rings. The smallest absolute Gasteiger partial charge is 0.230 e. The molecule has 0 spiro atoms. The molecule has 0 saturated carbocycles. The number of carbonyl (C=O) groups excluding carboxylic acids is 1. The fraction of sp³-hybridized carbons (Fsp3) is 0.947. The predicted octanol–water partition coefficient (Wildman–Crippen LogP) is 2.89. The second-order valence-electron chi connectivity index (χ2n) is 6.55. The first-order chi connectivity index (χ1) is 12.5. The number of hydrogen-bond acceptors (Lipinski definition) is 6. The largest absolute Gasteiger partial charge is 0.379 e. The number of hydrogen-bond donors (Lipinski definition) is 1. The normalized spacial score (nSPS) is 11.7. The molecule has 26 heavy (non-hydrogen) atoms. The van der Waals surface area contributed by atoms with E-state index >= 15 is 0 Å². The van der Waals surface area contributed by atoms with E-state index in [0.717, 1.165) is 25.9 Å². The van der Waals surface area contributed by atoms with Crippen LogP contribution in [0, 0.1) is 0 Å². The van der Waals surface area contributed by atoms with Crippen LogP contribution >= 0.6 is 11.8 Å². The standard InChI is InChI=1S/C19H39NO5S/c1-5-7-9-22-11-13-24-15-16-25-14-12-23-10-8-20-18(21)17-26-19(3,4)6-2/h5-17H2,1-4H3,(H,20,21). The number of amides is 1. The second-order valence-corrected chi connectivity index (χ2v) is 8.24. The van der Waals surface area contributed by atoms with Crippen LogP contribution < -0.4 is 5.32 Å². The summed E-state index contributed by atoms with van der Waals surface area (Å²) >= 11 is 1.68. The summed E-state index contributed by atoms with van der Waals surface area (Å²) < 4.78 is 21.8. The first kappa shape index (κ1) is 25.7. The van der Waals surface area contributed by atoms with Gasteiger partial charge in [0.25, 0.3) is 0 Å². The lowest BCUT2D eigenvalue weighted by Crippen LogP contribution is -2.30. The molecule has 0 aromatic heterocycles. The van der Waals surface area contributed by atoms with Gasteiger partial charge in [0.05, 0.1) is 52.0 Å². The minimum atomic E-state index is 0.0622. The van der Waals surface area contributed by atoms with Gasteiger partial charge in [0.2, 0.25) is 5.91 Å². The van der Waals surface area contributed by atoms with E-state index in [0.29, 0.717) is 58.5 Å². The maximum atomic E-state index is 11.7. The zero-order valence-corrected chi connectivity index (χ0v) is 18.0. The molecule has 0 radical (unpaired) electrons. The van der Waals surface area contributed by atoms with Crippen LogP contribution in [0.15, 0.2) is 0 Å². The highest BCUT2D eigenvalue weighted by atomic mass is 32.2. The molecule has 156 valence electrons. The minimum Gasteiger partial charge on any atom is -0.379 e. The van der Waals surface area contributed by atoms with Gasteiger partial charge < -0.3 is 24.3 Å². The van der Waals surface area contributed by atoms with E-state index < -0.39 is 0 Å². The van der Waals surface area contributed by atoms with Crippen molar-refractivity contribution in [1.82, 2.24) is 5.32 Å². The fourth-order valence-electron chi connectivity index (χ4n) is 1.68. The van der Waals surface area contributed by atoms with E-state index in [-0.39, 0.29) is 10.7 Å². The first-order valence-electron chi connectivity index (χ1n) is 9.73. The monoisotopic (exact) mass is 393 g/mol. The van der Waals surface area contributed by atoms with Crippen LogP contribution in [0.5, 0.6) is 0 Å². The van der Waals surface area contributed by atoms with Crippen molar-refractivity contribution in [3.63, 3.8) is 0 Å². The van der Waals surface area contributed by atoms with Gasteiger partial charge in [-0.15, -0.1) is 11.8 Å². The SMILES string of the molecule is CCCCOCCOCCOCCOCCNC(=O)CSC(C)(C)CC. The van der Waals surface area contributed by atoms with Crippen LogP contribution in [0.1, 0.15) is 47.0 Å². The topological polar surface area (TPSA) is 66.0 Å². The highest BCUT2D eigenvalue weighted by Crippen LogP contribution is 2.26. The van der Waals surface area contributed by atoms with E-state index in [4.69, 9.17) is 18.9 Å². The van der Waals surface area contributed by atoms with Gasteiger partial charge >= 0.3 is 0 Å². The molecule has 0 aliphatic carbocycles. The zero-order chi connectivity index (χ0) is 19.5. The summed E-state index contributed by atoms with van der Waals surface area (Å²) in [6.45, 7) is 13.9. The molecule has 0 heterocycles. The number of carbonyl (C=O) groups is 1. The zero-order valence-electron chi connectivity index (χ0n) is 17.1. The summed E-state index contributed by atoms with van der Waals surface area (Å²) in [7, 11) is 0. The molecule has 0 rings (SSSR count).